The summed E-state index contributed by atoms with van der Waals surface area (Å²) >= 11 is 0. The lowest BCUT2D eigenvalue weighted by atomic mass is 9.88. The first-order valence-corrected chi connectivity index (χ1v) is 11.7. The lowest BCUT2D eigenvalue weighted by Crippen LogP contribution is -2.31. The largest absolute Gasteiger partial charge is 0.386 e. The van der Waals surface area contributed by atoms with Crippen molar-refractivity contribution in [1.29, 1.82) is 0 Å². The lowest BCUT2D eigenvalue weighted by molar-refractivity contribution is 0.624. The Balaban J connectivity index is 0.00000274. The number of hydrogen-bond acceptors (Lipinski definition) is 4. The van der Waals surface area contributed by atoms with Gasteiger partial charge in [-0.15, -0.1) is 0 Å². The van der Waals surface area contributed by atoms with Gasteiger partial charge in [0.05, 0.1) is 11.9 Å². The number of aliphatic imine (C=N–C) groups is 1. The summed E-state index contributed by atoms with van der Waals surface area (Å²) in [5.74, 6) is -0.294. The summed E-state index contributed by atoms with van der Waals surface area (Å²) in [5.41, 5.74) is 11.4. The molecule has 34 heavy (non-hydrogen) atoms. The molecule has 0 saturated carbocycles. The van der Waals surface area contributed by atoms with Crippen LogP contribution in [-0.4, -0.2) is 28.1 Å². The molecule has 0 aliphatic carbocycles. The molecular formula is C28H42FN5. The van der Waals surface area contributed by atoms with Crippen molar-refractivity contribution in [1.82, 2.24) is 15.1 Å². The SMILES string of the molecule is C=CN=C(CC(=C)c1cnn(C)c1)C(/C(=C\C)c1ccccc1F)=C(\C)NC[C@@H](C)N.CCC.[HH]. The Labute approximate surface area is 206 Å². The molecule has 1 heterocycles. The topological polar surface area (TPSA) is 68.2 Å². The minimum absolute atomic E-state index is 0. The van der Waals surface area contributed by atoms with E-state index in [0.717, 1.165) is 33.7 Å². The maximum atomic E-state index is 14.8. The second-order valence-electron chi connectivity index (χ2n) is 8.19. The van der Waals surface area contributed by atoms with Crippen LogP contribution >= 0.6 is 0 Å². The first kappa shape index (κ1) is 28.8. The van der Waals surface area contributed by atoms with E-state index in [-0.39, 0.29) is 13.3 Å². The van der Waals surface area contributed by atoms with Gasteiger partial charge in [-0.05, 0) is 38.0 Å². The predicted molar refractivity (Wildman–Crippen MR) is 147 cm³/mol. The number of halogens is 1. The molecule has 2 rings (SSSR count). The number of aryl methyl sites for hydroxylation is 1. The summed E-state index contributed by atoms with van der Waals surface area (Å²) in [6, 6.07) is 6.69. The fraction of sp³-hybridized carbons (Fsp3) is 0.357. The molecule has 1 aromatic carbocycles. The monoisotopic (exact) mass is 467 g/mol. The molecule has 0 spiro atoms. The van der Waals surface area contributed by atoms with Crippen LogP contribution in [0.25, 0.3) is 11.1 Å². The maximum Gasteiger partial charge on any atom is 0.131 e. The highest BCUT2D eigenvalue weighted by Crippen LogP contribution is 2.31. The number of rotatable bonds is 10. The normalized spacial score (nSPS) is 13.4. The van der Waals surface area contributed by atoms with Gasteiger partial charge >= 0.3 is 0 Å². The summed E-state index contributed by atoms with van der Waals surface area (Å²) in [6.45, 7) is 18.6. The maximum absolute atomic E-state index is 14.8. The van der Waals surface area contributed by atoms with E-state index in [0.29, 0.717) is 18.5 Å². The summed E-state index contributed by atoms with van der Waals surface area (Å²) in [4.78, 5) is 4.57. The van der Waals surface area contributed by atoms with E-state index in [2.05, 4.69) is 42.4 Å². The van der Waals surface area contributed by atoms with Crippen LogP contribution in [0.3, 0.4) is 0 Å². The number of hydrogen-bond donors (Lipinski definition) is 2. The second-order valence-corrected chi connectivity index (χ2v) is 8.19. The zero-order valence-electron chi connectivity index (χ0n) is 21.5. The van der Waals surface area contributed by atoms with Gasteiger partial charge in [-0.1, -0.05) is 57.7 Å². The average molecular weight is 468 g/mol. The molecule has 0 bridgehead atoms. The van der Waals surface area contributed by atoms with Crippen molar-refractivity contribution in [3.8, 4) is 0 Å². The number of aromatic nitrogens is 2. The zero-order chi connectivity index (χ0) is 25.7. The third-order valence-corrected chi connectivity index (χ3v) is 4.82. The predicted octanol–water partition coefficient (Wildman–Crippen LogP) is 6.52. The standard InChI is InChI=1S/C25H32FN5.C3H8.H2/c1-7-21(22-11-9-10-12-23(22)26)25(19(5)29-14-18(4)27)24(28-8-2)13-17(3)20-15-30-31(6)16-20;1-3-2;/h7-12,15-16,18,29H,2-3,13-14,27H2,1,4-6H3;3H2,1-2H3;1H/b21-7-,25-19+,28-24?;;/t18-;;/m1../s1. The van der Waals surface area contributed by atoms with Crippen LogP contribution in [0, 0.1) is 5.82 Å². The molecule has 3 N–H and O–H groups in total. The van der Waals surface area contributed by atoms with Crippen LogP contribution in [0.4, 0.5) is 4.39 Å². The van der Waals surface area contributed by atoms with Crippen molar-refractivity contribution in [3.05, 3.63) is 90.3 Å². The van der Waals surface area contributed by atoms with Gasteiger partial charge < -0.3 is 11.1 Å². The van der Waals surface area contributed by atoms with Gasteiger partial charge in [-0.25, -0.2) is 4.39 Å². The number of nitrogens with two attached hydrogens (primary N) is 1. The number of benzene rings is 1. The molecule has 1 aromatic heterocycles. The van der Waals surface area contributed by atoms with Crippen LogP contribution < -0.4 is 11.1 Å². The summed E-state index contributed by atoms with van der Waals surface area (Å²) in [7, 11) is 1.86. The summed E-state index contributed by atoms with van der Waals surface area (Å²) in [5, 5.41) is 7.60. The Kier molecular flexibility index (Phi) is 12.5. The molecule has 186 valence electrons. The van der Waals surface area contributed by atoms with Crippen LogP contribution in [0.5, 0.6) is 0 Å². The van der Waals surface area contributed by atoms with E-state index >= 15 is 0 Å². The average Bonchev–Trinajstić information content (AvgIpc) is 3.23. The molecule has 6 heteroatoms. The van der Waals surface area contributed by atoms with Crippen molar-refractivity contribution in [2.75, 3.05) is 6.54 Å². The minimum Gasteiger partial charge on any atom is -0.386 e. The molecule has 0 amide bonds. The Bertz CT molecular complexity index is 1050. The highest BCUT2D eigenvalue weighted by atomic mass is 19.1. The molecule has 0 aliphatic heterocycles. The Hall–Kier alpha value is -3.25. The minimum atomic E-state index is -0.294. The van der Waals surface area contributed by atoms with E-state index in [1.165, 1.54) is 18.7 Å². The fourth-order valence-electron chi connectivity index (χ4n) is 3.31. The highest BCUT2D eigenvalue weighted by molar-refractivity contribution is 6.16. The molecule has 0 saturated heterocycles. The lowest BCUT2D eigenvalue weighted by Gasteiger charge is -2.21. The second kappa shape index (κ2) is 14.8. The molecular weight excluding hydrogens is 425 g/mol. The number of allylic oxidation sites excluding steroid dienone is 5. The van der Waals surface area contributed by atoms with Gasteiger partial charge in [-0.3, -0.25) is 9.67 Å². The first-order chi connectivity index (χ1) is 16.2. The van der Waals surface area contributed by atoms with E-state index in [1.807, 2.05) is 46.2 Å². The van der Waals surface area contributed by atoms with Crippen molar-refractivity contribution < 1.29 is 5.82 Å². The molecule has 2 aromatic rings. The van der Waals surface area contributed by atoms with E-state index in [1.54, 1.807) is 23.0 Å². The van der Waals surface area contributed by atoms with Crippen LogP contribution in [0.2, 0.25) is 0 Å². The van der Waals surface area contributed by atoms with E-state index in [9.17, 15) is 4.39 Å². The van der Waals surface area contributed by atoms with Gasteiger partial charge in [0.25, 0.3) is 0 Å². The molecule has 0 aliphatic rings. The van der Waals surface area contributed by atoms with Gasteiger partial charge in [-0.2, -0.15) is 5.10 Å². The fourth-order valence-corrected chi connectivity index (χ4v) is 3.31. The molecule has 1 atom stereocenters. The van der Waals surface area contributed by atoms with Crippen LogP contribution in [0.15, 0.2) is 78.4 Å². The van der Waals surface area contributed by atoms with E-state index < -0.39 is 0 Å². The third kappa shape index (κ3) is 8.60. The quantitative estimate of drug-likeness (QED) is 0.309. The van der Waals surface area contributed by atoms with Crippen molar-refractivity contribution in [2.45, 2.75) is 53.5 Å². The van der Waals surface area contributed by atoms with Crippen LogP contribution in [0.1, 0.15) is 60.0 Å². The Morgan fingerprint density at radius 3 is 2.50 bits per heavy atom. The van der Waals surface area contributed by atoms with Crippen LogP contribution in [-0.2, 0) is 7.05 Å². The molecule has 0 radical (unpaired) electrons. The highest BCUT2D eigenvalue weighted by Gasteiger charge is 2.21. The number of nitrogens with one attached hydrogen (secondary N) is 1. The van der Waals surface area contributed by atoms with E-state index in [4.69, 9.17) is 5.73 Å². The smallest absolute Gasteiger partial charge is 0.131 e. The molecule has 5 nitrogen and oxygen atoms in total. The van der Waals surface area contributed by atoms with Gasteiger partial charge in [0.15, 0.2) is 0 Å². The number of nitrogens with zero attached hydrogens (tertiary/aromatic N) is 3. The first-order valence-electron chi connectivity index (χ1n) is 11.7. The van der Waals surface area contributed by atoms with Crippen molar-refractivity contribution >= 4 is 16.9 Å². The Morgan fingerprint density at radius 2 is 2.00 bits per heavy atom. The van der Waals surface area contributed by atoms with Crippen molar-refractivity contribution in [3.63, 3.8) is 0 Å². The third-order valence-electron chi connectivity index (χ3n) is 4.82. The van der Waals surface area contributed by atoms with Gasteiger partial charge in [0.2, 0.25) is 0 Å². The molecule has 0 unspecified atom stereocenters. The van der Waals surface area contributed by atoms with Gasteiger partial charge in [0, 0.05) is 62.3 Å². The molecule has 0 fully saturated rings. The summed E-state index contributed by atoms with van der Waals surface area (Å²) in [6.07, 6.45) is 8.78. The zero-order valence-corrected chi connectivity index (χ0v) is 21.5. The van der Waals surface area contributed by atoms with Crippen molar-refractivity contribution in [2.24, 2.45) is 17.8 Å². The van der Waals surface area contributed by atoms with Gasteiger partial charge in [0.1, 0.15) is 5.82 Å². The summed E-state index contributed by atoms with van der Waals surface area (Å²) < 4.78 is 16.5. The Morgan fingerprint density at radius 1 is 1.35 bits per heavy atom.